The Morgan fingerprint density at radius 2 is 1.27 bits per heavy atom. The molecule has 0 saturated heterocycles. The molecular formula is C24H42O2. The van der Waals surface area contributed by atoms with Crippen LogP contribution in [-0.2, 0) is 9.53 Å². The van der Waals surface area contributed by atoms with Crippen molar-refractivity contribution >= 4 is 5.97 Å². The third kappa shape index (κ3) is 20.7. The number of rotatable bonds is 18. The van der Waals surface area contributed by atoms with Crippen molar-refractivity contribution in [3.63, 3.8) is 0 Å². The van der Waals surface area contributed by atoms with Gasteiger partial charge in [-0.1, -0.05) is 95.1 Å². The largest absolute Gasteiger partial charge is 0.463 e. The van der Waals surface area contributed by atoms with E-state index in [1.54, 1.807) is 6.08 Å². The zero-order valence-electron chi connectivity index (χ0n) is 17.4. The van der Waals surface area contributed by atoms with Crippen LogP contribution in [0.2, 0.25) is 0 Å². The molecule has 0 spiro atoms. The van der Waals surface area contributed by atoms with E-state index < -0.39 is 0 Å². The summed E-state index contributed by atoms with van der Waals surface area (Å²) in [6.07, 6.45) is 29.7. The van der Waals surface area contributed by atoms with Gasteiger partial charge in [0.15, 0.2) is 0 Å². The summed E-state index contributed by atoms with van der Waals surface area (Å²) in [6, 6.07) is 0. The van der Waals surface area contributed by atoms with Gasteiger partial charge in [0.1, 0.15) is 0 Å². The molecule has 150 valence electrons. The molecule has 0 aliphatic rings. The second-order valence-electron chi connectivity index (χ2n) is 6.99. The molecule has 0 atom stereocenters. The molecule has 2 nitrogen and oxygen atoms in total. The van der Waals surface area contributed by atoms with E-state index in [1.807, 2.05) is 19.1 Å². The van der Waals surface area contributed by atoms with Gasteiger partial charge < -0.3 is 4.74 Å². The van der Waals surface area contributed by atoms with E-state index in [2.05, 4.69) is 19.1 Å². The molecule has 0 aromatic heterocycles. The SMILES string of the molecule is C/C=C/C=C/C(=O)OCCCCCCCC/C=C\CCCCCCCC. The molecule has 2 heteroatoms. The minimum atomic E-state index is -0.240. The second-order valence-corrected chi connectivity index (χ2v) is 6.99. The number of carbonyl (C=O) groups is 1. The van der Waals surface area contributed by atoms with E-state index in [9.17, 15) is 4.79 Å². The van der Waals surface area contributed by atoms with Crippen molar-refractivity contribution in [2.75, 3.05) is 6.61 Å². The third-order valence-electron chi connectivity index (χ3n) is 4.44. The first-order chi connectivity index (χ1) is 12.8. The maximum absolute atomic E-state index is 11.3. The number of carbonyl (C=O) groups excluding carboxylic acids is 1. The molecule has 0 N–H and O–H groups in total. The number of allylic oxidation sites excluding steroid dienone is 5. The lowest BCUT2D eigenvalue weighted by molar-refractivity contribution is -0.137. The van der Waals surface area contributed by atoms with Crippen molar-refractivity contribution in [1.82, 2.24) is 0 Å². The van der Waals surface area contributed by atoms with Gasteiger partial charge in [0.2, 0.25) is 0 Å². The molecule has 0 aliphatic carbocycles. The van der Waals surface area contributed by atoms with Crippen LogP contribution in [0.4, 0.5) is 0 Å². The first-order valence-electron chi connectivity index (χ1n) is 10.9. The average molecular weight is 363 g/mol. The Balaban J connectivity index is 3.21. The Kier molecular flexibility index (Phi) is 20.6. The summed E-state index contributed by atoms with van der Waals surface area (Å²) < 4.78 is 5.14. The molecule has 26 heavy (non-hydrogen) atoms. The summed E-state index contributed by atoms with van der Waals surface area (Å²) >= 11 is 0. The highest BCUT2D eigenvalue weighted by molar-refractivity contribution is 5.82. The van der Waals surface area contributed by atoms with Gasteiger partial charge in [-0.15, -0.1) is 0 Å². The highest BCUT2D eigenvalue weighted by Gasteiger charge is 1.96. The molecule has 0 radical (unpaired) electrons. The van der Waals surface area contributed by atoms with Crippen LogP contribution in [0.5, 0.6) is 0 Å². The van der Waals surface area contributed by atoms with Crippen LogP contribution in [0, 0.1) is 0 Å². The van der Waals surface area contributed by atoms with Crippen LogP contribution in [0.3, 0.4) is 0 Å². The number of hydrogen-bond acceptors (Lipinski definition) is 2. The van der Waals surface area contributed by atoms with Crippen LogP contribution in [0.25, 0.3) is 0 Å². The number of esters is 1. The number of hydrogen-bond donors (Lipinski definition) is 0. The van der Waals surface area contributed by atoms with E-state index in [0.717, 1.165) is 12.8 Å². The number of unbranched alkanes of at least 4 members (excludes halogenated alkanes) is 12. The van der Waals surface area contributed by atoms with Crippen LogP contribution in [0.1, 0.15) is 104 Å². The van der Waals surface area contributed by atoms with E-state index in [1.165, 1.54) is 83.1 Å². The maximum Gasteiger partial charge on any atom is 0.330 e. The Labute approximate surface area is 162 Å². The normalized spacial score (nSPS) is 11.9. The highest BCUT2D eigenvalue weighted by Crippen LogP contribution is 2.10. The van der Waals surface area contributed by atoms with E-state index in [-0.39, 0.29) is 5.97 Å². The second kappa shape index (κ2) is 21.7. The van der Waals surface area contributed by atoms with E-state index >= 15 is 0 Å². The molecule has 0 aromatic carbocycles. The zero-order valence-corrected chi connectivity index (χ0v) is 17.4. The third-order valence-corrected chi connectivity index (χ3v) is 4.44. The predicted octanol–water partition coefficient (Wildman–Crippen LogP) is 7.70. The fraction of sp³-hybridized carbons (Fsp3) is 0.708. The minimum Gasteiger partial charge on any atom is -0.463 e. The fourth-order valence-electron chi connectivity index (χ4n) is 2.82. The summed E-state index contributed by atoms with van der Waals surface area (Å²) in [4.78, 5) is 11.3. The highest BCUT2D eigenvalue weighted by atomic mass is 16.5. The van der Waals surface area contributed by atoms with Crippen molar-refractivity contribution in [3.05, 3.63) is 36.5 Å². The van der Waals surface area contributed by atoms with Crippen LogP contribution >= 0.6 is 0 Å². The Hall–Kier alpha value is -1.31. The summed E-state index contributed by atoms with van der Waals surface area (Å²) in [5.74, 6) is -0.240. The molecule has 0 bridgehead atoms. The average Bonchev–Trinajstić information content (AvgIpc) is 2.64. The van der Waals surface area contributed by atoms with E-state index in [0.29, 0.717) is 6.61 Å². The molecular weight excluding hydrogens is 320 g/mol. The van der Waals surface area contributed by atoms with Crippen molar-refractivity contribution in [1.29, 1.82) is 0 Å². The first kappa shape index (κ1) is 24.7. The van der Waals surface area contributed by atoms with Crippen LogP contribution in [-0.4, -0.2) is 12.6 Å². The molecule has 0 heterocycles. The van der Waals surface area contributed by atoms with Crippen molar-refractivity contribution < 1.29 is 9.53 Å². The van der Waals surface area contributed by atoms with Gasteiger partial charge in [-0.3, -0.25) is 0 Å². The lowest BCUT2D eigenvalue weighted by Crippen LogP contribution is -2.02. The molecule has 0 fully saturated rings. The van der Waals surface area contributed by atoms with Crippen molar-refractivity contribution in [2.45, 2.75) is 104 Å². The standard InChI is InChI=1S/C24H42O2/c1-3-5-7-8-9-10-11-12-13-14-15-16-17-18-19-21-23-26-24(25)22-20-6-4-2/h4,6,12-13,20,22H,3,5,7-11,14-19,21,23H2,1-2H3/b6-4+,13-12-,22-20+. The van der Waals surface area contributed by atoms with Crippen LogP contribution < -0.4 is 0 Å². The Morgan fingerprint density at radius 1 is 0.731 bits per heavy atom. The van der Waals surface area contributed by atoms with Gasteiger partial charge in [-0.2, -0.15) is 0 Å². The molecule has 0 aliphatic heterocycles. The lowest BCUT2D eigenvalue weighted by Gasteiger charge is -2.02. The first-order valence-corrected chi connectivity index (χ1v) is 10.9. The van der Waals surface area contributed by atoms with Gasteiger partial charge >= 0.3 is 5.97 Å². The summed E-state index contributed by atoms with van der Waals surface area (Å²) in [5, 5.41) is 0. The van der Waals surface area contributed by atoms with Crippen molar-refractivity contribution in [2.24, 2.45) is 0 Å². The molecule has 0 aromatic rings. The zero-order chi connectivity index (χ0) is 19.1. The van der Waals surface area contributed by atoms with Gasteiger partial charge in [0.05, 0.1) is 6.61 Å². The summed E-state index contributed by atoms with van der Waals surface area (Å²) in [7, 11) is 0. The summed E-state index contributed by atoms with van der Waals surface area (Å²) in [6.45, 7) is 4.73. The smallest absolute Gasteiger partial charge is 0.330 e. The lowest BCUT2D eigenvalue weighted by atomic mass is 10.1. The minimum absolute atomic E-state index is 0.240. The van der Waals surface area contributed by atoms with Gasteiger partial charge in [0, 0.05) is 6.08 Å². The maximum atomic E-state index is 11.3. The fourth-order valence-corrected chi connectivity index (χ4v) is 2.82. The van der Waals surface area contributed by atoms with Gasteiger partial charge in [-0.25, -0.2) is 4.79 Å². The van der Waals surface area contributed by atoms with Crippen molar-refractivity contribution in [3.8, 4) is 0 Å². The molecule has 0 amide bonds. The van der Waals surface area contributed by atoms with Gasteiger partial charge in [-0.05, 0) is 39.0 Å². The van der Waals surface area contributed by atoms with Crippen LogP contribution in [0.15, 0.2) is 36.5 Å². The number of ether oxygens (including phenoxy) is 1. The van der Waals surface area contributed by atoms with E-state index in [4.69, 9.17) is 4.74 Å². The van der Waals surface area contributed by atoms with Gasteiger partial charge in [0.25, 0.3) is 0 Å². The monoisotopic (exact) mass is 362 g/mol. The predicted molar refractivity (Wildman–Crippen MR) is 114 cm³/mol. The summed E-state index contributed by atoms with van der Waals surface area (Å²) in [5.41, 5.74) is 0. The Morgan fingerprint density at radius 3 is 1.85 bits per heavy atom. The molecule has 0 saturated carbocycles. The molecule has 0 rings (SSSR count). The Bertz CT molecular complexity index is 380. The molecule has 0 unspecified atom stereocenters. The topological polar surface area (TPSA) is 26.3 Å². The quantitative estimate of drug-likeness (QED) is 0.0820.